The minimum Gasteiger partial charge on any atom is -0.353 e. The van der Waals surface area contributed by atoms with Crippen LogP contribution >= 0.6 is 11.8 Å². The largest absolute Gasteiger partial charge is 0.353 e. The van der Waals surface area contributed by atoms with E-state index in [2.05, 4.69) is 10.8 Å². The van der Waals surface area contributed by atoms with E-state index in [0.29, 0.717) is 0 Å². The van der Waals surface area contributed by atoms with Crippen LogP contribution in [0.3, 0.4) is 0 Å². The lowest BCUT2D eigenvalue weighted by atomic mass is 10.4. The highest BCUT2D eigenvalue weighted by Crippen LogP contribution is 2.02. The molecule has 0 aromatic carbocycles. The summed E-state index contributed by atoms with van der Waals surface area (Å²) < 4.78 is 2.06. The number of hydrogen-bond donors (Lipinski definition) is 0. The number of hydrogen-bond acceptors (Lipinski definition) is 2. The number of aromatic nitrogens is 1. The number of aldehydes is 1. The molecule has 0 spiro atoms. The van der Waals surface area contributed by atoms with Crippen LogP contribution in [0.25, 0.3) is 0 Å². The lowest BCUT2D eigenvalue weighted by Crippen LogP contribution is -1.95. The molecule has 0 aliphatic carbocycles. The molecule has 0 N–H and O–H groups in total. The molecule has 1 aromatic heterocycles. The van der Waals surface area contributed by atoms with Crippen molar-refractivity contribution in [3.63, 3.8) is 0 Å². The van der Waals surface area contributed by atoms with Crippen molar-refractivity contribution in [1.29, 1.82) is 0 Å². The molecule has 1 heterocycles. The van der Waals surface area contributed by atoms with Gasteiger partial charge in [0.15, 0.2) is 6.29 Å². The van der Waals surface area contributed by atoms with Crippen LogP contribution in [0.5, 0.6) is 0 Å². The van der Waals surface area contributed by atoms with Crippen molar-refractivity contribution >= 4 is 18.0 Å². The molecule has 0 fully saturated rings. The van der Waals surface area contributed by atoms with Gasteiger partial charge >= 0.3 is 0 Å². The topological polar surface area (TPSA) is 22.0 Å². The summed E-state index contributed by atoms with van der Waals surface area (Å²) in [5.74, 6) is 1.18. The maximum absolute atomic E-state index is 10.3. The normalized spacial score (nSPS) is 10.1. The summed E-state index contributed by atoms with van der Waals surface area (Å²) in [4.78, 5) is 10.3. The van der Waals surface area contributed by atoms with Crippen molar-refractivity contribution in [3.05, 3.63) is 24.0 Å². The highest BCUT2D eigenvalue weighted by atomic mass is 32.2. The Morgan fingerprint density at radius 1 is 1.67 bits per heavy atom. The Labute approximate surface area is 77.0 Å². The van der Waals surface area contributed by atoms with Crippen LogP contribution in [0.1, 0.15) is 16.8 Å². The van der Waals surface area contributed by atoms with Gasteiger partial charge in [-0.1, -0.05) is 0 Å². The molecule has 1 aromatic rings. The monoisotopic (exact) mass is 183 g/mol. The standard InChI is InChI=1S/C9H13NOS/c1-12-6-2-4-10-5-3-9(7-10)8-11/h3,5,7-8H,2,4,6H2,1H3. The van der Waals surface area contributed by atoms with Gasteiger partial charge < -0.3 is 4.57 Å². The molecular weight excluding hydrogens is 170 g/mol. The smallest absolute Gasteiger partial charge is 0.151 e. The van der Waals surface area contributed by atoms with Gasteiger partial charge in [-0.2, -0.15) is 11.8 Å². The van der Waals surface area contributed by atoms with E-state index >= 15 is 0 Å². The summed E-state index contributed by atoms with van der Waals surface area (Å²) in [7, 11) is 0. The second-order valence-corrected chi connectivity index (χ2v) is 3.63. The fraction of sp³-hybridized carbons (Fsp3) is 0.444. The molecule has 0 aliphatic rings. The molecule has 0 amide bonds. The second-order valence-electron chi connectivity index (χ2n) is 2.65. The van der Waals surface area contributed by atoms with Gasteiger partial charge in [0.05, 0.1) is 0 Å². The zero-order chi connectivity index (χ0) is 8.81. The number of aryl methyl sites for hydroxylation is 1. The molecule has 0 radical (unpaired) electrons. The van der Waals surface area contributed by atoms with Gasteiger partial charge in [-0.3, -0.25) is 4.79 Å². The Bertz CT molecular complexity index is 244. The molecule has 66 valence electrons. The third kappa shape index (κ3) is 2.74. The third-order valence-corrected chi connectivity index (χ3v) is 2.37. The van der Waals surface area contributed by atoms with E-state index in [1.54, 1.807) is 0 Å². The predicted molar refractivity (Wildman–Crippen MR) is 52.8 cm³/mol. The van der Waals surface area contributed by atoms with E-state index < -0.39 is 0 Å². The molecule has 2 nitrogen and oxygen atoms in total. The zero-order valence-corrected chi connectivity index (χ0v) is 8.01. The fourth-order valence-corrected chi connectivity index (χ4v) is 1.48. The van der Waals surface area contributed by atoms with Crippen LogP contribution in [0.2, 0.25) is 0 Å². The Kier molecular flexibility index (Phi) is 3.94. The molecule has 3 heteroatoms. The lowest BCUT2D eigenvalue weighted by Gasteiger charge is -1.99. The highest BCUT2D eigenvalue weighted by molar-refractivity contribution is 7.98. The van der Waals surface area contributed by atoms with Gasteiger partial charge in [0, 0.05) is 24.5 Å². The van der Waals surface area contributed by atoms with Crippen molar-refractivity contribution in [2.45, 2.75) is 13.0 Å². The zero-order valence-electron chi connectivity index (χ0n) is 7.19. The number of rotatable bonds is 5. The van der Waals surface area contributed by atoms with Crippen LogP contribution in [-0.2, 0) is 6.54 Å². The van der Waals surface area contributed by atoms with Crippen molar-refractivity contribution < 1.29 is 4.79 Å². The molecule has 0 saturated carbocycles. The van der Waals surface area contributed by atoms with Crippen molar-refractivity contribution in [2.24, 2.45) is 0 Å². The van der Waals surface area contributed by atoms with E-state index in [-0.39, 0.29) is 0 Å². The lowest BCUT2D eigenvalue weighted by molar-refractivity contribution is 0.112. The van der Waals surface area contributed by atoms with Crippen LogP contribution in [0.4, 0.5) is 0 Å². The van der Waals surface area contributed by atoms with Crippen LogP contribution in [0, 0.1) is 0 Å². The molecular formula is C9H13NOS. The van der Waals surface area contributed by atoms with Gasteiger partial charge in [0.1, 0.15) is 0 Å². The molecule has 0 bridgehead atoms. The van der Waals surface area contributed by atoms with Crippen molar-refractivity contribution in [3.8, 4) is 0 Å². The summed E-state index contributed by atoms with van der Waals surface area (Å²) in [5, 5.41) is 0. The number of nitrogens with zero attached hydrogens (tertiary/aromatic N) is 1. The van der Waals surface area contributed by atoms with Crippen LogP contribution in [-0.4, -0.2) is 22.9 Å². The Morgan fingerprint density at radius 3 is 3.08 bits per heavy atom. The Morgan fingerprint density at radius 2 is 2.50 bits per heavy atom. The molecule has 12 heavy (non-hydrogen) atoms. The summed E-state index contributed by atoms with van der Waals surface area (Å²) >= 11 is 1.85. The molecule has 0 atom stereocenters. The number of carbonyl (C=O) groups is 1. The van der Waals surface area contributed by atoms with Crippen LogP contribution in [0.15, 0.2) is 18.5 Å². The minimum atomic E-state index is 0.763. The highest BCUT2D eigenvalue weighted by Gasteiger charge is 1.93. The molecule has 1 rings (SSSR count). The van der Waals surface area contributed by atoms with Crippen molar-refractivity contribution in [1.82, 2.24) is 4.57 Å². The number of thioether (sulfide) groups is 1. The van der Waals surface area contributed by atoms with Gasteiger partial charge in [0.2, 0.25) is 0 Å². The summed E-state index contributed by atoms with van der Waals surface area (Å²) in [5.41, 5.74) is 0.763. The second kappa shape index (κ2) is 5.04. The van der Waals surface area contributed by atoms with E-state index in [4.69, 9.17) is 0 Å². The van der Waals surface area contributed by atoms with Gasteiger partial charge in [-0.15, -0.1) is 0 Å². The first-order valence-corrected chi connectivity index (χ1v) is 5.36. The predicted octanol–water partition coefficient (Wildman–Crippen LogP) is 2.05. The first kappa shape index (κ1) is 9.39. The minimum absolute atomic E-state index is 0.763. The van der Waals surface area contributed by atoms with Gasteiger partial charge in [-0.25, -0.2) is 0 Å². The average Bonchev–Trinajstić information content (AvgIpc) is 2.53. The average molecular weight is 183 g/mol. The van der Waals surface area contributed by atoms with E-state index in [1.807, 2.05) is 30.2 Å². The third-order valence-electron chi connectivity index (χ3n) is 1.67. The van der Waals surface area contributed by atoms with Gasteiger partial charge in [-0.05, 0) is 24.5 Å². The summed E-state index contributed by atoms with van der Waals surface area (Å²) in [6, 6.07) is 1.84. The van der Waals surface area contributed by atoms with E-state index in [9.17, 15) is 4.79 Å². The quantitative estimate of drug-likeness (QED) is 0.515. The number of carbonyl (C=O) groups excluding carboxylic acids is 1. The first-order chi connectivity index (χ1) is 5.86. The molecule has 0 aliphatic heterocycles. The maximum atomic E-state index is 10.3. The van der Waals surface area contributed by atoms with Crippen molar-refractivity contribution in [2.75, 3.05) is 12.0 Å². The molecule has 0 unspecified atom stereocenters. The summed E-state index contributed by atoms with van der Waals surface area (Å²) in [6.45, 7) is 1.01. The fourth-order valence-electron chi connectivity index (χ4n) is 1.06. The van der Waals surface area contributed by atoms with E-state index in [1.165, 1.54) is 5.75 Å². The Balaban J connectivity index is 2.36. The first-order valence-electron chi connectivity index (χ1n) is 3.96. The SMILES string of the molecule is CSCCCn1ccc(C=O)c1. The van der Waals surface area contributed by atoms with Crippen LogP contribution < -0.4 is 0 Å². The van der Waals surface area contributed by atoms with E-state index in [0.717, 1.165) is 24.8 Å². The van der Waals surface area contributed by atoms with Gasteiger partial charge in [0.25, 0.3) is 0 Å². The summed E-state index contributed by atoms with van der Waals surface area (Å²) in [6.07, 6.45) is 7.98. The molecule has 0 saturated heterocycles. The Hall–Kier alpha value is -0.700. The maximum Gasteiger partial charge on any atom is 0.151 e.